The van der Waals surface area contributed by atoms with Crippen molar-refractivity contribution < 1.29 is 14.6 Å². The van der Waals surface area contributed by atoms with Crippen LogP contribution in [0.5, 0.6) is 0 Å². The van der Waals surface area contributed by atoms with E-state index in [9.17, 15) is 5.11 Å². The minimum absolute atomic E-state index is 0.0783. The van der Waals surface area contributed by atoms with Crippen LogP contribution >= 0.6 is 0 Å². The summed E-state index contributed by atoms with van der Waals surface area (Å²) in [6.45, 7) is 13.2. The molecule has 0 radical (unpaired) electrons. The van der Waals surface area contributed by atoms with Gasteiger partial charge in [-0.1, -0.05) is 47.0 Å². The highest BCUT2D eigenvalue weighted by Crippen LogP contribution is 2.38. The van der Waals surface area contributed by atoms with Gasteiger partial charge >= 0.3 is 0 Å². The van der Waals surface area contributed by atoms with Gasteiger partial charge in [-0.15, -0.1) is 0 Å². The first-order chi connectivity index (χ1) is 8.64. The molecule has 0 rings (SSSR count). The number of hydrogen-bond donors (Lipinski definition) is 2. The molecule has 19 heavy (non-hydrogen) atoms. The lowest BCUT2D eigenvalue weighted by atomic mass is 10.1. The van der Waals surface area contributed by atoms with Crippen LogP contribution in [0.4, 0.5) is 0 Å². The van der Waals surface area contributed by atoms with E-state index >= 15 is 0 Å². The molecule has 2 atom stereocenters. The molecule has 0 saturated heterocycles. The Labute approximate surface area is 120 Å². The number of aliphatic hydroxyl groups excluding tert-OH is 2. The van der Waals surface area contributed by atoms with E-state index in [4.69, 9.17) is 9.53 Å². The Morgan fingerprint density at radius 2 is 1.74 bits per heavy atom. The molecule has 0 saturated carbocycles. The van der Waals surface area contributed by atoms with Crippen LogP contribution in [0.25, 0.3) is 0 Å². The summed E-state index contributed by atoms with van der Waals surface area (Å²) in [5.41, 5.74) is 0. The molecular weight excluding hydrogens is 256 g/mol. The fourth-order valence-electron chi connectivity index (χ4n) is 1.82. The summed E-state index contributed by atoms with van der Waals surface area (Å²) in [6, 6.07) is 0. The molecule has 0 spiro atoms. The predicted molar refractivity (Wildman–Crippen MR) is 83.9 cm³/mol. The summed E-state index contributed by atoms with van der Waals surface area (Å²) in [7, 11) is -1.80. The van der Waals surface area contributed by atoms with Crippen molar-refractivity contribution in [2.75, 3.05) is 6.61 Å². The molecule has 0 bridgehead atoms. The first-order valence-corrected chi connectivity index (χ1v) is 10.5. The van der Waals surface area contributed by atoms with E-state index < -0.39 is 14.4 Å². The van der Waals surface area contributed by atoms with Crippen molar-refractivity contribution in [3.05, 3.63) is 0 Å². The number of rotatable bonds is 9. The molecule has 0 aromatic carbocycles. The van der Waals surface area contributed by atoms with Crippen LogP contribution in [0.2, 0.25) is 18.1 Å². The quantitative estimate of drug-likeness (QED) is 0.503. The zero-order valence-corrected chi connectivity index (χ0v) is 14.7. The Morgan fingerprint density at radius 3 is 2.16 bits per heavy atom. The van der Waals surface area contributed by atoms with E-state index in [-0.39, 0.29) is 17.7 Å². The molecule has 0 aliphatic rings. The zero-order chi connectivity index (χ0) is 15.1. The zero-order valence-electron chi connectivity index (χ0n) is 13.7. The van der Waals surface area contributed by atoms with Crippen molar-refractivity contribution >= 4 is 8.32 Å². The molecule has 0 aromatic heterocycles. The summed E-state index contributed by atoms with van der Waals surface area (Å²) in [4.78, 5) is 0. The van der Waals surface area contributed by atoms with E-state index in [2.05, 4.69) is 40.8 Å². The van der Waals surface area contributed by atoms with E-state index in [1.165, 1.54) is 12.8 Å². The lowest BCUT2D eigenvalue weighted by Crippen LogP contribution is -2.44. The Balaban J connectivity index is 4.55. The Hall–Kier alpha value is 0.0969. The fraction of sp³-hybridized carbons (Fsp3) is 1.00. The topological polar surface area (TPSA) is 49.7 Å². The standard InChI is InChI=1S/C15H34O3Si/c1-7-8-9-10-14(11-13(17)12-16)18-19(5,6)15(2,3)4/h13-14,16-17H,7-12H2,1-6H3/t13-,14-/m1/s1. The van der Waals surface area contributed by atoms with Crippen molar-refractivity contribution in [1.82, 2.24) is 0 Å². The average molecular weight is 291 g/mol. The predicted octanol–water partition coefficient (Wildman–Crippen LogP) is 3.70. The minimum Gasteiger partial charge on any atom is -0.414 e. The third-order valence-corrected chi connectivity index (χ3v) is 8.68. The first-order valence-electron chi connectivity index (χ1n) is 7.60. The van der Waals surface area contributed by atoms with Crippen molar-refractivity contribution in [3.63, 3.8) is 0 Å². The van der Waals surface area contributed by atoms with Crippen LogP contribution < -0.4 is 0 Å². The van der Waals surface area contributed by atoms with Crippen LogP contribution in [0, 0.1) is 0 Å². The van der Waals surface area contributed by atoms with Gasteiger partial charge in [0, 0.05) is 12.5 Å². The molecule has 0 aromatic rings. The highest BCUT2D eigenvalue weighted by molar-refractivity contribution is 6.74. The van der Waals surface area contributed by atoms with Crippen molar-refractivity contribution in [3.8, 4) is 0 Å². The molecular formula is C15H34O3Si. The fourth-order valence-corrected chi connectivity index (χ4v) is 3.22. The summed E-state index contributed by atoms with van der Waals surface area (Å²) in [5, 5.41) is 18.9. The molecule has 0 fully saturated rings. The van der Waals surface area contributed by atoms with E-state index in [0.29, 0.717) is 6.42 Å². The van der Waals surface area contributed by atoms with Crippen LogP contribution in [0.15, 0.2) is 0 Å². The summed E-state index contributed by atoms with van der Waals surface area (Å²) < 4.78 is 6.39. The van der Waals surface area contributed by atoms with Gasteiger partial charge in [0.05, 0.1) is 12.7 Å². The van der Waals surface area contributed by atoms with Crippen molar-refractivity contribution in [1.29, 1.82) is 0 Å². The summed E-state index contributed by atoms with van der Waals surface area (Å²) in [6.07, 6.45) is 4.48. The molecule has 0 unspecified atom stereocenters. The van der Waals surface area contributed by atoms with Gasteiger partial charge in [0.2, 0.25) is 0 Å². The molecule has 0 amide bonds. The van der Waals surface area contributed by atoms with Gasteiger partial charge in [-0.2, -0.15) is 0 Å². The van der Waals surface area contributed by atoms with Crippen LogP contribution in [0.1, 0.15) is 59.8 Å². The second-order valence-corrected chi connectivity index (χ2v) is 11.8. The van der Waals surface area contributed by atoms with E-state index in [1.807, 2.05) is 0 Å². The van der Waals surface area contributed by atoms with Crippen LogP contribution in [-0.4, -0.2) is 37.3 Å². The van der Waals surface area contributed by atoms with Gasteiger partial charge in [-0.25, -0.2) is 0 Å². The number of aliphatic hydroxyl groups is 2. The SMILES string of the molecule is CCCCC[C@H](C[C@@H](O)CO)O[Si](C)(C)C(C)(C)C. The second-order valence-electron chi connectivity index (χ2n) is 7.07. The normalized spacial score (nSPS) is 16.4. The molecule has 116 valence electrons. The largest absolute Gasteiger partial charge is 0.414 e. The van der Waals surface area contributed by atoms with Crippen molar-refractivity contribution in [2.45, 2.75) is 90.1 Å². The third-order valence-electron chi connectivity index (χ3n) is 4.14. The van der Waals surface area contributed by atoms with Gasteiger partial charge < -0.3 is 14.6 Å². The van der Waals surface area contributed by atoms with Gasteiger partial charge in [-0.3, -0.25) is 0 Å². The first kappa shape index (κ1) is 19.1. The maximum absolute atomic E-state index is 9.67. The monoisotopic (exact) mass is 290 g/mol. The number of hydrogen-bond acceptors (Lipinski definition) is 3. The molecule has 0 aliphatic heterocycles. The van der Waals surface area contributed by atoms with E-state index in [1.54, 1.807) is 0 Å². The molecule has 4 heteroatoms. The lowest BCUT2D eigenvalue weighted by Gasteiger charge is -2.39. The Morgan fingerprint density at radius 1 is 1.16 bits per heavy atom. The van der Waals surface area contributed by atoms with Crippen LogP contribution in [0.3, 0.4) is 0 Å². The van der Waals surface area contributed by atoms with Gasteiger partial charge in [0.15, 0.2) is 8.32 Å². The summed E-state index contributed by atoms with van der Waals surface area (Å²) >= 11 is 0. The van der Waals surface area contributed by atoms with Crippen LogP contribution in [-0.2, 0) is 4.43 Å². The lowest BCUT2D eigenvalue weighted by molar-refractivity contribution is 0.0421. The van der Waals surface area contributed by atoms with Gasteiger partial charge in [0.1, 0.15) is 0 Å². The van der Waals surface area contributed by atoms with Gasteiger partial charge in [0.25, 0.3) is 0 Å². The highest BCUT2D eigenvalue weighted by atomic mass is 28.4. The highest BCUT2D eigenvalue weighted by Gasteiger charge is 2.39. The molecule has 3 nitrogen and oxygen atoms in total. The molecule has 0 heterocycles. The summed E-state index contributed by atoms with van der Waals surface area (Å²) in [5.74, 6) is 0. The second kappa shape index (κ2) is 8.40. The maximum atomic E-state index is 9.67. The Kier molecular flexibility index (Phi) is 8.44. The number of unbranched alkanes of at least 4 members (excludes halogenated alkanes) is 2. The molecule has 0 aliphatic carbocycles. The molecule has 2 N–H and O–H groups in total. The average Bonchev–Trinajstić information content (AvgIpc) is 2.27. The van der Waals surface area contributed by atoms with E-state index in [0.717, 1.165) is 12.8 Å². The third kappa shape index (κ3) is 7.44. The van der Waals surface area contributed by atoms with Crippen molar-refractivity contribution in [2.24, 2.45) is 0 Å². The minimum atomic E-state index is -1.80. The Bertz CT molecular complexity index is 236. The maximum Gasteiger partial charge on any atom is 0.192 e. The smallest absolute Gasteiger partial charge is 0.192 e. The van der Waals surface area contributed by atoms with Gasteiger partial charge in [-0.05, 0) is 24.6 Å².